The topological polar surface area (TPSA) is 105 Å². The fraction of sp³-hybridized carbons (Fsp3) is 0.234. The van der Waals surface area contributed by atoms with Crippen LogP contribution in [0.3, 0.4) is 0 Å². The molecule has 1 unspecified atom stereocenters. The van der Waals surface area contributed by atoms with Crippen LogP contribution in [0, 0.1) is 5.92 Å². The molecule has 1 atom stereocenters. The third kappa shape index (κ3) is 6.74. The Labute approximate surface area is 326 Å². The van der Waals surface area contributed by atoms with Gasteiger partial charge in [-0.1, -0.05) is 140 Å². The fourth-order valence-corrected chi connectivity index (χ4v) is 8.67. The first-order chi connectivity index (χ1) is 27.4. The second kappa shape index (κ2) is 15.7. The molecule has 0 spiro atoms. The molecule has 56 heavy (non-hydrogen) atoms. The van der Waals surface area contributed by atoms with Gasteiger partial charge in [-0.05, 0) is 64.1 Å². The molecule has 1 saturated heterocycles. The molecule has 1 N–H and O–H groups in total. The average molecular weight is 745 g/mol. The third-order valence-electron chi connectivity index (χ3n) is 11.6. The number of hydrogen-bond donors (Lipinski definition) is 1. The van der Waals surface area contributed by atoms with Crippen molar-refractivity contribution in [2.75, 3.05) is 26.7 Å². The van der Waals surface area contributed by atoms with Crippen LogP contribution in [0.5, 0.6) is 0 Å². The summed E-state index contributed by atoms with van der Waals surface area (Å²) in [5, 5.41) is 15.1. The Morgan fingerprint density at radius 2 is 1.23 bits per heavy atom. The van der Waals surface area contributed by atoms with Gasteiger partial charge in [0.1, 0.15) is 18.2 Å². The van der Waals surface area contributed by atoms with E-state index in [1.54, 1.807) is 6.20 Å². The number of aliphatic carboxylic acids is 1. The minimum Gasteiger partial charge on any atom is -0.480 e. The smallest absolute Gasteiger partial charge is 0.410 e. The SMILES string of the molecule is CN(C(=O)OCC1c2ccccc2-c2ccccc21)C(CC1CCN(C(=O)c2cnn(C(c3ccccc3)(c3ccccc3)c3ccccc3)c2)CC1)C(=O)O. The second-order valence-electron chi connectivity index (χ2n) is 14.7. The average Bonchev–Trinajstić information content (AvgIpc) is 3.87. The Hall–Kier alpha value is -6.48. The number of aromatic nitrogens is 2. The molecule has 1 aliphatic carbocycles. The lowest BCUT2D eigenvalue weighted by molar-refractivity contribution is -0.143. The van der Waals surface area contributed by atoms with E-state index in [0.717, 1.165) is 38.9 Å². The molecule has 2 amide bonds. The van der Waals surface area contributed by atoms with Crippen molar-refractivity contribution in [1.82, 2.24) is 19.6 Å². The van der Waals surface area contributed by atoms with Crippen LogP contribution in [0.25, 0.3) is 11.1 Å². The minimum atomic E-state index is -1.08. The van der Waals surface area contributed by atoms with Crippen molar-refractivity contribution in [3.8, 4) is 11.1 Å². The number of piperidine rings is 1. The molecule has 5 aromatic carbocycles. The number of benzene rings is 5. The molecular weight excluding hydrogens is 701 g/mol. The van der Waals surface area contributed by atoms with Gasteiger partial charge in [0, 0.05) is 32.3 Å². The Kier molecular flexibility index (Phi) is 10.2. The lowest BCUT2D eigenvalue weighted by Gasteiger charge is -2.36. The van der Waals surface area contributed by atoms with Gasteiger partial charge in [0.05, 0.1) is 11.8 Å². The molecule has 2 heterocycles. The van der Waals surface area contributed by atoms with Crippen LogP contribution in [0.2, 0.25) is 0 Å². The number of carbonyl (C=O) groups excluding carboxylic acids is 2. The molecule has 6 aromatic rings. The van der Waals surface area contributed by atoms with Gasteiger partial charge in [-0.2, -0.15) is 5.10 Å². The van der Waals surface area contributed by atoms with Gasteiger partial charge in [0.15, 0.2) is 0 Å². The van der Waals surface area contributed by atoms with Crippen LogP contribution in [-0.2, 0) is 15.1 Å². The van der Waals surface area contributed by atoms with Crippen LogP contribution in [0.1, 0.15) is 63.4 Å². The molecular formula is C47H44N4O5. The molecule has 1 aromatic heterocycles. The first kappa shape index (κ1) is 36.5. The van der Waals surface area contributed by atoms with Crippen molar-refractivity contribution in [2.45, 2.75) is 36.8 Å². The van der Waals surface area contributed by atoms with Gasteiger partial charge in [0.25, 0.3) is 5.91 Å². The number of carboxylic acid groups (broad SMARTS) is 1. The summed E-state index contributed by atoms with van der Waals surface area (Å²) in [4.78, 5) is 42.9. The predicted octanol–water partition coefficient (Wildman–Crippen LogP) is 8.30. The summed E-state index contributed by atoms with van der Waals surface area (Å²) in [5.41, 5.74) is 7.11. The highest BCUT2D eigenvalue weighted by atomic mass is 16.6. The van der Waals surface area contributed by atoms with E-state index in [2.05, 4.69) is 48.5 Å². The van der Waals surface area contributed by atoms with Gasteiger partial charge < -0.3 is 14.7 Å². The van der Waals surface area contributed by atoms with E-state index in [0.29, 0.717) is 31.5 Å². The van der Waals surface area contributed by atoms with Crippen molar-refractivity contribution >= 4 is 18.0 Å². The molecule has 8 rings (SSSR count). The number of fused-ring (bicyclic) bond motifs is 3. The van der Waals surface area contributed by atoms with Crippen molar-refractivity contribution in [3.05, 3.63) is 185 Å². The quantitative estimate of drug-likeness (QED) is 0.134. The van der Waals surface area contributed by atoms with E-state index in [-0.39, 0.29) is 30.8 Å². The summed E-state index contributed by atoms with van der Waals surface area (Å²) in [7, 11) is 1.49. The van der Waals surface area contributed by atoms with Crippen molar-refractivity contribution in [1.29, 1.82) is 0 Å². The van der Waals surface area contributed by atoms with Crippen LogP contribution >= 0.6 is 0 Å². The molecule has 2 aliphatic rings. The molecule has 9 heteroatoms. The number of carboxylic acids is 1. The highest BCUT2D eigenvalue weighted by molar-refractivity contribution is 5.94. The van der Waals surface area contributed by atoms with Crippen LogP contribution in [0.15, 0.2) is 152 Å². The van der Waals surface area contributed by atoms with Crippen LogP contribution in [-0.4, -0.2) is 75.4 Å². The van der Waals surface area contributed by atoms with Crippen LogP contribution < -0.4 is 0 Å². The van der Waals surface area contributed by atoms with Crippen LogP contribution in [0.4, 0.5) is 4.79 Å². The Morgan fingerprint density at radius 1 is 0.750 bits per heavy atom. The summed E-state index contributed by atoms with van der Waals surface area (Å²) in [6.07, 6.45) is 4.31. The maximum Gasteiger partial charge on any atom is 0.410 e. The molecule has 9 nitrogen and oxygen atoms in total. The second-order valence-corrected chi connectivity index (χ2v) is 14.7. The van der Waals surface area contributed by atoms with E-state index < -0.39 is 23.6 Å². The zero-order valence-electron chi connectivity index (χ0n) is 31.3. The maximum absolute atomic E-state index is 14.0. The summed E-state index contributed by atoms with van der Waals surface area (Å²) in [5.74, 6) is -1.31. The number of amides is 2. The summed E-state index contributed by atoms with van der Waals surface area (Å²) in [6.45, 7) is 1.05. The van der Waals surface area contributed by atoms with E-state index in [9.17, 15) is 19.5 Å². The standard InChI is InChI=1S/C47H44N4O5/c1-49(46(55)56-32-42-40-23-13-11-21-38(40)39-22-12-14-24-41(39)42)43(45(53)54)29-33-25-27-50(28-26-33)44(52)34-30-48-51(31-34)47(35-15-5-2-6-16-35,36-17-7-3-8-18-36)37-19-9-4-10-20-37/h2-24,30-31,33,42-43H,25-29,32H2,1H3,(H,53,54). The maximum atomic E-state index is 14.0. The molecule has 0 saturated carbocycles. The number of nitrogens with zero attached hydrogens (tertiary/aromatic N) is 4. The highest BCUT2D eigenvalue weighted by Crippen LogP contribution is 2.45. The fourth-order valence-electron chi connectivity index (χ4n) is 8.67. The van der Waals surface area contributed by atoms with Gasteiger partial charge in [0.2, 0.25) is 0 Å². The zero-order valence-corrected chi connectivity index (χ0v) is 31.3. The number of ether oxygens (including phenoxy) is 1. The lowest BCUT2D eigenvalue weighted by atomic mass is 9.77. The van der Waals surface area contributed by atoms with Crippen molar-refractivity contribution < 1.29 is 24.2 Å². The summed E-state index contributed by atoms with van der Waals surface area (Å²) < 4.78 is 7.69. The molecule has 0 radical (unpaired) electrons. The Balaban J connectivity index is 0.937. The first-order valence-electron chi connectivity index (χ1n) is 19.2. The van der Waals surface area contributed by atoms with Crippen molar-refractivity contribution in [2.24, 2.45) is 5.92 Å². The largest absolute Gasteiger partial charge is 0.480 e. The molecule has 1 aliphatic heterocycles. The zero-order chi connectivity index (χ0) is 38.6. The normalized spacial score (nSPS) is 14.8. The van der Waals surface area contributed by atoms with E-state index in [1.165, 1.54) is 11.9 Å². The Morgan fingerprint density at radius 3 is 1.73 bits per heavy atom. The highest BCUT2D eigenvalue weighted by Gasteiger charge is 2.40. The lowest BCUT2D eigenvalue weighted by Crippen LogP contribution is -2.46. The van der Waals surface area contributed by atoms with E-state index in [1.807, 2.05) is 107 Å². The number of carbonyl (C=O) groups is 3. The first-order valence-corrected chi connectivity index (χ1v) is 19.2. The summed E-state index contributed by atoms with van der Waals surface area (Å²) in [6, 6.07) is 45.7. The molecule has 0 bridgehead atoms. The van der Waals surface area contributed by atoms with Gasteiger partial charge >= 0.3 is 12.1 Å². The van der Waals surface area contributed by atoms with Gasteiger partial charge in [-0.3, -0.25) is 14.4 Å². The number of hydrogen-bond acceptors (Lipinski definition) is 5. The molecule has 282 valence electrons. The van der Waals surface area contributed by atoms with Gasteiger partial charge in [-0.25, -0.2) is 9.59 Å². The number of likely N-dealkylation sites (tertiary alicyclic amines) is 1. The minimum absolute atomic E-state index is 0.00796. The molecule has 1 fully saturated rings. The summed E-state index contributed by atoms with van der Waals surface area (Å²) >= 11 is 0. The van der Waals surface area contributed by atoms with Crippen molar-refractivity contribution in [3.63, 3.8) is 0 Å². The monoisotopic (exact) mass is 744 g/mol. The van der Waals surface area contributed by atoms with E-state index >= 15 is 0 Å². The number of likely N-dealkylation sites (N-methyl/N-ethyl adjacent to an activating group) is 1. The third-order valence-corrected chi connectivity index (χ3v) is 11.6. The van der Waals surface area contributed by atoms with E-state index in [4.69, 9.17) is 9.84 Å². The number of rotatable bonds is 11. The van der Waals surface area contributed by atoms with Gasteiger partial charge in [-0.15, -0.1) is 0 Å². The Bertz CT molecular complexity index is 2180. The predicted molar refractivity (Wildman–Crippen MR) is 214 cm³/mol.